The highest BCUT2D eigenvalue weighted by atomic mass is 35.5. The maximum atomic E-state index is 12.9. The van der Waals surface area contributed by atoms with Gasteiger partial charge in [0.15, 0.2) is 5.82 Å². The molecule has 1 fully saturated rings. The van der Waals surface area contributed by atoms with E-state index in [0.29, 0.717) is 37.8 Å². The summed E-state index contributed by atoms with van der Waals surface area (Å²) < 4.78 is 43.0. The first kappa shape index (κ1) is 20.2. The van der Waals surface area contributed by atoms with Crippen LogP contribution in [0.3, 0.4) is 0 Å². The fourth-order valence-electron chi connectivity index (χ4n) is 2.94. The van der Waals surface area contributed by atoms with Crippen molar-refractivity contribution < 1.29 is 22.4 Å². The van der Waals surface area contributed by atoms with Crippen LogP contribution in [0.2, 0.25) is 5.02 Å². The fourth-order valence-corrected chi connectivity index (χ4v) is 4.95. The predicted molar refractivity (Wildman–Crippen MR) is 97.9 cm³/mol. The summed E-state index contributed by atoms with van der Waals surface area (Å²) in [5.41, 5.74) is 0. The lowest BCUT2D eigenvalue weighted by atomic mass is 10.1. The smallest absolute Gasteiger partial charge is 0.252 e. The third-order valence-electron chi connectivity index (χ3n) is 4.25. The Kier molecular flexibility index (Phi) is 6.83. The molecule has 1 aromatic heterocycles. The molecule has 1 saturated heterocycles. The molecule has 2 heterocycles. The van der Waals surface area contributed by atoms with Crippen LogP contribution < -0.4 is 0 Å². The maximum Gasteiger partial charge on any atom is 0.252 e. The molecule has 0 spiro atoms. The van der Waals surface area contributed by atoms with E-state index in [4.69, 9.17) is 25.6 Å². The zero-order valence-corrected chi connectivity index (χ0v) is 16.6. The molecule has 0 aliphatic carbocycles. The lowest BCUT2D eigenvalue weighted by Crippen LogP contribution is -2.43. The summed E-state index contributed by atoms with van der Waals surface area (Å²) in [5, 5.41) is 4.08. The van der Waals surface area contributed by atoms with Gasteiger partial charge in [-0.3, -0.25) is 0 Å². The van der Waals surface area contributed by atoms with Gasteiger partial charge < -0.3 is 14.0 Å². The van der Waals surface area contributed by atoms with Crippen molar-refractivity contribution >= 4 is 21.6 Å². The normalized spacial score (nSPS) is 18.7. The lowest BCUT2D eigenvalue weighted by Gasteiger charge is -2.32. The quantitative estimate of drug-likeness (QED) is 0.652. The first-order valence-corrected chi connectivity index (χ1v) is 10.5. The third kappa shape index (κ3) is 5.05. The summed E-state index contributed by atoms with van der Waals surface area (Å²) in [7, 11) is -2.08. The minimum atomic E-state index is -3.64. The van der Waals surface area contributed by atoms with Gasteiger partial charge in [0.25, 0.3) is 5.89 Å². The van der Waals surface area contributed by atoms with Gasteiger partial charge in [-0.25, -0.2) is 8.42 Å². The van der Waals surface area contributed by atoms with Crippen LogP contribution in [0.4, 0.5) is 0 Å². The number of nitrogens with zero attached hydrogens (tertiary/aromatic N) is 3. The summed E-state index contributed by atoms with van der Waals surface area (Å²) in [4.78, 5) is 4.31. The number of piperidine rings is 1. The molecule has 27 heavy (non-hydrogen) atoms. The van der Waals surface area contributed by atoms with Crippen molar-refractivity contribution in [1.82, 2.24) is 14.4 Å². The van der Waals surface area contributed by atoms with Crippen molar-refractivity contribution in [3.63, 3.8) is 0 Å². The van der Waals surface area contributed by atoms with E-state index in [2.05, 4.69) is 10.1 Å². The molecule has 2 aromatic rings. The molecule has 10 heteroatoms. The molecule has 148 valence electrons. The number of ether oxygens (including phenoxy) is 2. The molecular formula is C17H22ClN3O5S. The monoisotopic (exact) mass is 415 g/mol. The highest BCUT2D eigenvalue weighted by Crippen LogP contribution is 2.27. The molecule has 0 bridgehead atoms. The van der Waals surface area contributed by atoms with Crippen molar-refractivity contribution in [1.29, 1.82) is 0 Å². The van der Waals surface area contributed by atoms with E-state index in [-0.39, 0.29) is 22.6 Å². The van der Waals surface area contributed by atoms with Gasteiger partial charge in [0.1, 0.15) is 11.5 Å². The van der Waals surface area contributed by atoms with E-state index in [9.17, 15) is 8.42 Å². The Morgan fingerprint density at radius 2 is 2.19 bits per heavy atom. The van der Waals surface area contributed by atoms with Crippen molar-refractivity contribution in [2.45, 2.75) is 36.9 Å². The van der Waals surface area contributed by atoms with Gasteiger partial charge in [-0.2, -0.15) is 9.29 Å². The second-order valence-corrected chi connectivity index (χ2v) is 8.53. The van der Waals surface area contributed by atoms with Crippen molar-refractivity contribution in [3.05, 3.63) is 41.0 Å². The van der Waals surface area contributed by atoms with E-state index < -0.39 is 10.0 Å². The van der Waals surface area contributed by atoms with E-state index in [1.165, 1.54) is 10.4 Å². The van der Waals surface area contributed by atoms with Gasteiger partial charge in [0.05, 0.1) is 17.7 Å². The number of sulfonamides is 1. The number of rotatable bonds is 8. The SMILES string of the molecule is COCc1nc(CCOC2CCCN(S(=O)(=O)c3ccccc3Cl)C2)no1. The van der Waals surface area contributed by atoms with Gasteiger partial charge in [-0.05, 0) is 25.0 Å². The number of benzene rings is 1. The highest BCUT2D eigenvalue weighted by Gasteiger charge is 2.31. The number of methoxy groups -OCH3 is 1. The number of hydrogen-bond donors (Lipinski definition) is 0. The molecule has 1 aliphatic heterocycles. The predicted octanol–water partition coefficient (Wildman–Crippen LogP) is 2.28. The van der Waals surface area contributed by atoms with E-state index in [0.717, 1.165) is 12.8 Å². The number of hydrogen-bond acceptors (Lipinski definition) is 7. The van der Waals surface area contributed by atoms with Gasteiger partial charge in [-0.1, -0.05) is 28.9 Å². The van der Waals surface area contributed by atoms with Crippen molar-refractivity contribution in [2.24, 2.45) is 0 Å². The summed E-state index contributed by atoms with van der Waals surface area (Å²) in [5.74, 6) is 0.959. The largest absolute Gasteiger partial charge is 0.376 e. The summed E-state index contributed by atoms with van der Waals surface area (Å²) in [6.07, 6.45) is 1.84. The molecule has 8 nitrogen and oxygen atoms in total. The van der Waals surface area contributed by atoms with Crippen LogP contribution in [0.1, 0.15) is 24.6 Å². The van der Waals surface area contributed by atoms with Crippen LogP contribution in [-0.2, 0) is 32.5 Å². The lowest BCUT2D eigenvalue weighted by molar-refractivity contribution is 0.0199. The Hall–Kier alpha value is -1.52. The van der Waals surface area contributed by atoms with Crippen LogP contribution in [-0.4, -0.2) is 55.8 Å². The Balaban J connectivity index is 1.55. The average molecular weight is 416 g/mol. The van der Waals surface area contributed by atoms with Gasteiger partial charge in [0, 0.05) is 26.6 Å². The number of halogens is 1. The molecular weight excluding hydrogens is 394 g/mol. The topological polar surface area (TPSA) is 94.8 Å². The summed E-state index contributed by atoms with van der Waals surface area (Å²) in [6, 6.07) is 6.48. The van der Waals surface area contributed by atoms with Gasteiger partial charge >= 0.3 is 0 Å². The molecule has 1 aromatic carbocycles. The second kappa shape index (κ2) is 9.11. The van der Waals surface area contributed by atoms with Crippen molar-refractivity contribution in [3.8, 4) is 0 Å². The second-order valence-electron chi connectivity index (χ2n) is 6.22. The first-order valence-electron chi connectivity index (χ1n) is 8.67. The Bertz CT molecular complexity index is 858. The number of aromatic nitrogens is 2. The summed E-state index contributed by atoms with van der Waals surface area (Å²) >= 11 is 6.07. The minimum Gasteiger partial charge on any atom is -0.376 e. The van der Waals surface area contributed by atoms with Gasteiger partial charge in [-0.15, -0.1) is 0 Å². The minimum absolute atomic E-state index is 0.129. The van der Waals surface area contributed by atoms with E-state index >= 15 is 0 Å². The molecule has 1 atom stereocenters. The zero-order valence-electron chi connectivity index (χ0n) is 15.0. The molecule has 0 saturated carbocycles. The van der Waals surface area contributed by atoms with Crippen LogP contribution in [0.25, 0.3) is 0 Å². The highest BCUT2D eigenvalue weighted by molar-refractivity contribution is 7.89. The Morgan fingerprint density at radius 3 is 2.96 bits per heavy atom. The van der Waals surface area contributed by atoms with Crippen LogP contribution in [0, 0.1) is 0 Å². The third-order valence-corrected chi connectivity index (χ3v) is 6.62. The molecule has 1 aliphatic rings. The average Bonchev–Trinajstić information content (AvgIpc) is 3.10. The Morgan fingerprint density at radius 1 is 1.37 bits per heavy atom. The first-order chi connectivity index (χ1) is 13.0. The van der Waals surface area contributed by atoms with Crippen LogP contribution in [0.15, 0.2) is 33.7 Å². The zero-order chi connectivity index (χ0) is 19.3. The van der Waals surface area contributed by atoms with Crippen molar-refractivity contribution in [2.75, 3.05) is 26.8 Å². The maximum absolute atomic E-state index is 12.9. The van der Waals surface area contributed by atoms with E-state index in [1.54, 1.807) is 25.3 Å². The van der Waals surface area contributed by atoms with Crippen LogP contribution in [0.5, 0.6) is 0 Å². The van der Waals surface area contributed by atoms with Gasteiger partial charge in [0.2, 0.25) is 10.0 Å². The fraction of sp³-hybridized carbons (Fsp3) is 0.529. The van der Waals surface area contributed by atoms with E-state index in [1.807, 2.05) is 0 Å². The molecule has 0 radical (unpaired) electrons. The standard InChI is InChI=1S/C17H22ClN3O5S/c1-24-12-17-19-16(20-26-17)8-10-25-13-5-4-9-21(11-13)27(22,23)15-7-3-2-6-14(15)18/h2-3,6-7,13H,4-5,8-12H2,1H3. The molecule has 1 unspecified atom stereocenters. The molecule has 0 N–H and O–H groups in total. The molecule has 0 amide bonds. The molecule has 3 rings (SSSR count). The van der Waals surface area contributed by atoms with Crippen LogP contribution >= 0.6 is 11.6 Å². The Labute approximate surface area is 163 Å². The summed E-state index contributed by atoms with van der Waals surface area (Å²) in [6.45, 7) is 1.41.